The van der Waals surface area contributed by atoms with Crippen LogP contribution >= 0.6 is 31.9 Å². The van der Waals surface area contributed by atoms with E-state index in [1.807, 2.05) is 6.07 Å². The lowest BCUT2D eigenvalue weighted by atomic mass is 10.1. The molecule has 13 heavy (non-hydrogen) atoms. The van der Waals surface area contributed by atoms with Crippen LogP contribution in [0.2, 0.25) is 0 Å². The van der Waals surface area contributed by atoms with Gasteiger partial charge >= 0.3 is 5.97 Å². The van der Waals surface area contributed by atoms with Crippen LogP contribution in [0.15, 0.2) is 27.1 Å². The maximum Gasteiger partial charge on any atom is 0.325 e. The van der Waals surface area contributed by atoms with Crippen LogP contribution in [0.25, 0.3) is 0 Å². The quantitative estimate of drug-likeness (QED) is 0.881. The molecule has 0 aliphatic carbocycles. The molecule has 0 radical (unpaired) electrons. The van der Waals surface area contributed by atoms with Gasteiger partial charge in [0.15, 0.2) is 0 Å². The molecule has 0 saturated carbocycles. The van der Waals surface area contributed by atoms with Crippen molar-refractivity contribution in [3.63, 3.8) is 0 Å². The van der Waals surface area contributed by atoms with Crippen molar-refractivity contribution in [3.05, 3.63) is 32.7 Å². The van der Waals surface area contributed by atoms with Crippen LogP contribution in [0.1, 0.15) is 11.6 Å². The summed E-state index contributed by atoms with van der Waals surface area (Å²) in [5.74, 6) is -1.04. The summed E-state index contributed by atoms with van der Waals surface area (Å²) in [5, 5.41) is 8.66. The number of rotatable bonds is 2. The van der Waals surface area contributed by atoms with Gasteiger partial charge in [-0.2, -0.15) is 0 Å². The number of hydrogen-bond donors (Lipinski definition) is 2. The van der Waals surface area contributed by atoms with Crippen LogP contribution in [0.3, 0.4) is 0 Å². The van der Waals surface area contributed by atoms with Crippen LogP contribution in [0.4, 0.5) is 0 Å². The fourth-order valence-electron chi connectivity index (χ4n) is 0.897. The molecule has 0 heterocycles. The van der Waals surface area contributed by atoms with Crippen LogP contribution in [-0.2, 0) is 4.79 Å². The molecule has 0 fully saturated rings. The minimum atomic E-state index is -1.04. The van der Waals surface area contributed by atoms with Gasteiger partial charge in [-0.1, -0.05) is 31.9 Å². The summed E-state index contributed by atoms with van der Waals surface area (Å²) in [6.07, 6.45) is 0. The number of aliphatic carboxylic acids is 1. The highest BCUT2D eigenvalue weighted by Crippen LogP contribution is 2.23. The molecule has 1 aromatic rings. The van der Waals surface area contributed by atoms with Gasteiger partial charge < -0.3 is 10.8 Å². The second kappa shape index (κ2) is 4.21. The molecule has 0 aliphatic heterocycles. The largest absolute Gasteiger partial charge is 0.480 e. The zero-order valence-corrected chi connectivity index (χ0v) is 9.67. The van der Waals surface area contributed by atoms with Gasteiger partial charge in [0.2, 0.25) is 0 Å². The minimum absolute atomic E-state index is 0.564. The summed E-state index contributed by atoms with van der Waals surface area (Å²) in [6, 6.07) is 4.21. The second-order valence-electron chi connectivity index (χ2n) is 2.52. The van der Waals surface area contributed by atoms with E-state index >= 15 is 0 Å². The third kappa shape index (κ3) is 2.79. The van der Waals surface area contributed by atoms with Crippen molar-refractivity contribution in [2.24, 2.45) is 5.73 Å². The zero-order chi connectivity index (χ0) is 10.0. The Morgan fingerprint density at radius 2 is 1.77 bits per heavy atom. The number of hydrogen-bond acceptors (Lipinski definition) is 2. The monoisotopic (exact) mass is 307 g/mol. The highest BCUT2D eigenvalue weighted by atomic mass is 79.9. The lowest BCUT2D eigenvalue weighted by Crippen LogP contribution is -2.20. The first-order valence-electron chi connectivity index (χ1n) is 3.45. The van der Waals surface area contributed by atoms with Crippen molar-refractivity contribution in [1.82, 2.24) is 0 Å². The third-order valence-electron chi connectivity index (χ3n) is 1.51. The lowest BCUT2D eigenvalue weighted by molar-refractivity contribution is -0.138. The second-order valence-corrected chi connectivity index (χ2v) is 4.35. The Labute approximate surface area is 92.2 Å². The van der Waals surface area contributed by atoms with Gasteiger partial charge in [-0.3, -0.25) is 4.79 Å². The summed E-state index contributed by atoms with van der Waals surface area (Å²) in [7, 11) is 0. The molecule has 5 heteroatoms. The maximum absolute atomic E-state index is 10.6. The highest BCUT2D eigenvalue weighted by Gasteiger charge is 2.14. The normalized spacial score (nSPS) is 12.5. The SMILES string of the molecule is N[C@H](C(=O)O)c1cc(Br)cc(Br)c1. The molecule has 3 N–H and O–H groups in total. The van der Waals surface area contributed by atoms with E-state index in [1.165, 1.54) is 0 Å². The van der Waals surface area contributed by atoms with Crippen molar-refractivity contribution < 1.29 is 9.90 Å². The predicted molar refractivity (Wildman–Crippen MR) is 56.4 cm³/mol. The molecule has 0 aliphatic rings. The van der Waals surface area contributed by atoms with E-state index in [2.05, 4.69) is 31.9 Å². The maximum atomic E-state index is 10.6. The topological polar surface area (TPSA) is 63.3 Å². The van der Waals surface area contributed by atoms with Gasteiger partial charge in [-0.05, 0) is 23.8 Å². The molecule has 0 amide bonds. The first-order valence-corrected chi connectivity index (χ1v) is 5.03. The first-order chi connectivity index (χ1) is 6.00. The van der Waals surface area contributed by atoms with Gasteiger partial charge in [0.05, 0.1) is 0 Å². The predicted octanol–water partition coefficient (Wildman–Crippen LogP) is 2.30. The molecule has 3 nitrogen and oxygen atoms in total. The molecule has 0 saturated heterocycles. The Morgan fingerprint density at radius 1 is 1.31 bits per heavy atom. The molecule has 1 atom stereocenters. The van der Waals surface area contributed by atoms with Crippen molar-refractivity contribution >= 4 is 37.8 Å². The number of halogens is 2. The summed E-state index contributed by atoms with van der Waals surface area (Å²) in [4.78, 5) is 10.6. The van der Waals surface area contributed by atoms with E-state index in [9.17, 15) is 4.79 Å². The van der Waals surface area contributed by atoms with Gasteiger partial charge in [-0.15, -0.1) is 0 Å². The number of carbonyl (C=O) groups is 1. The van der Waals surface area contributed by atoms with Gasteiger partial charge in [-0.25, -0.2) is 0 Å². The van der Waals surface area contributed by atoms with E-state index in [4.69, 9.17) is 10.8 Å². The summed E-state index contributed by atoms with van der Waals surface area (Å²) in [6.45, 7) is 0. The van der Waals surface area contributed by atoms with Crippen LogP contribution < -0.4 is 5.73 Å². The van der Waals surface area contributed by atoms with Crippen LogP contribution in [0.5, 0.6) is 0 Å². The Kier molecular flexibility index (Phi) is 3.47. The van der Waals surface area contributed by atoms with Crippen molar-refractivity contribution in [2.75, 3.05) is 0 Å². The Hall–Kier alpha value is -0.390. The fourth-order valence-corrected chi connectivity index (χ4v) is 2.23. The smallest absolute Gasteiger partial charge is 0.325 e. The molecule has 70 valence electrons. The summed E-state index contributed by atoms with van der Waals surface area (Å²) in [5.41, 5.74) is 6.00. The Morgan fingerprint density at radius 3 is 2.15 bits per heavy atom. The van der Waals surface area contributed by atoms with Gasteiger partial charge in [0.25, 0.3) is 0 Å². The van der Waals surface area contributed by atoms with E-state index in [1.54, 1.807) is 12.1 Å². The molecule has 0 bridgehead atoms. The van der Waals surface area contributed by atoms with Crippen LogP contribution in [-0.4, -0.2) is 11.1 Å². The van der Waals surface area contributed by atoms with Crippen molar-refractivity contribution in [2.45, 2.75) is 6.04 Å². The average Bonchev–Trinajstić information content (AvgIpc) is 2.01. The molecule has 0 spiro atoms. The summed E-state index contributed by atoms with van der Waals surface area (Å²) >= 11 is 6.50. The lowest BCUT2D eigenvalue weighted by Gasteiger charge is -2.07. The fraction of sp³-hybridized carbons (Fsp3) is 0.125. The molecule has 0 unspecified atom stereocenters. The molecular weight excluding hydrogens is 302 g/mol. The van der Waals surface area contributed by atoms with E-state index in [0.29, 0.717) is 5.56 Å². The zero-order valence-electron chi connectivity index (χ0n) is 6.50. The van der Waals surface area contributed by atoms with Gasteiger partial charge in [0.1, 0.15) is 6.04 Å². The molecule has 0 aromatic heterocycles. The minimum Gasteiger partial charge on any atom is -0.480 e. The van der Waals surface area contributed by atoms with Crippen molar-refractivity contribution in [3.8, 4) is 0 Å². The summed E-state index contributed by atoms with van der Waals surface area (Å²) < 4.78 is 1.60. The molecular formula is C8H7Br2NO2. The Bertz CT molecular complexity index is 321. The van der Waals surface area contributed by atoms with E-state index in [0.717, 1.165) is 8.95 Å². The standard InChI is InChI=1S/C8H7Br2NO2/c9-5-1-4(2-6(10)3-5)7(11)8(12)13/h1-3,7H,11H2,(H,12,13)/t7-/m0/s1. The van der Waals surface area contributed by atoms with E-state index in [-0.39, 0.29) is 0 Å². The van der Waals surface area contributed by atoms with Crippen molar-refractivity contribution in [1.29, 1.82) is 0 Å². The number of carboxylic acids is 1. The number of benzene rings is 1. The number of carboxylic acid groups (broad SMARTS) is 1. The highest BCUT2D eigenvalue weighted by molar-refractivity contribution is 9.11. The van der Waals surface area contributed by atoms with Gasteiger partial charge in [0, 0.05) is 8.95 Å². The molecule has 1 rings (SSSR count). The van der Waals surface area contributed by atoms with E-state index < -0.39 is 12.0 Å². The molecule has 1 aromatic carbocycles. The average molecular weight is 309 g/mol. The first kappa shape index (κ1) is 10.7. The van der Waals surface area contributed by atoms with Crippen LogP contribution in [0, 0.1) is 0 Å². The number of nitrogens with two attached hydrogens (primary N) is 1. The Balaban J connectivity index is 3.07. The third-order valence-corrected chi connectivity index (χ3v) is 2.43.